The van der Waals surface area contributed by atoms with Crippen molar-refractivity contribution in [2.24, 2.45) is 0 Å². The maximum Gasteiger partial charge on any atom is 0.203 e. The first kappa shape index (κ1) is 11.0. The SMILES string of the molecule is CCC1CN(c2nc3ccccc3[nH]2)CCS1. The van der Waals surface area contributed by atoms with Crippen molar-refractivity contribution in [3.05, 3.63) is 24.3 Å². The Kier molecular flexibility index (Phi) is 2.97. The number of hydrogen-bond acceptors (Lipinski definition) is 3. The molecular formula is C13H17N3S. The minimum Gasteiger partial charge on any atom is -0.340 e. The number of anilines is 1. The van der Waals surface area contributed by atoms with Gasteiger partial charge in [-0.05, 0) is 18.6 Å². The van der Waals surface area contributed by atoms with Crippen LogP contribution in [0.25, 0.3) is 11.0 Å². The van der Waals surface area contributed by atoms with Gasteiger partial charge < -0.3 is 9.88 Å². The third-order valence-corrected chi connectivity index (χ3v) is 4.64. The van der Waals surface area contributed by atoms with E-state index in [1.54, 1.807) is 0 Å². The Morgan fingerprint density at radius 1 is 1.47 bits per heavy atom. The number of aromatic nitrogens is 2. The lowest BCUT2D eigenvalue weighted by molar-refractivity contribution is 0.715. The second kappa shape index (κ2) is 4.61. The molecule has 4 heteroatoms. The summed E-state index contributed by atoms with van der Waals surface area (Å²) in [5.74, 6) is 2.24. The van der Waals surface area contributed by atoms with Crippen LogP contribution in [0.4, 0.5) is 5.95 Å². The van der Waals surface area contributed by atoms with Crippen LogP contribution in [0.3, 0.4) is 0 Å². The topological polar surface area (TPSA) is 31.9 Å². The number of thioether (sulfide) groups is 1. The van der Waals surface area contributed by atoms with Crippen molar-refractivity contribution in [1.29, 1.82) is 0 Å². The van der Waals surface area contributed by atoms with Gasteiger partial charge in [-0.3, -0.25) is 0 Å². The zero-order valence-corrected chi connectivity index (χ0v) is 10.8. The van der Waals surface area contributed by atoms with Gasteiger partial charge in [-0.2, -0.15) is 11.8 Å². The van der Waals surface area contributed by atoms with E-state index >= 15 is 0 Å². The van der Waals surface area contributed by atoms with E-state index in [2.05, 4.69) is 45.7 Å². The minimum absolute atomic E-state index is 0.747. The van der Waals surface area contributed by atoms with Crippen molar-refractivity contribution in [2.75, 3.05) is 23.7 Å². The van der Waals surface area contributed by atoms with E-state index in [1.807, 2.05) is 12.1 Å². The first-order chi connectivity index (χ1) is 8.36. The molecule has 0 spiro atoms. The molecular weight excluding hydrogens is 230 g/mol. The maximum absolute atomic E-state index is 4.67. The predicted molar refractivity (Wildman–Crippen MR) is 74.8 cm³/mol. The first-order valence-corrected chi connectivity index (χ1v) is 7.23. The molecule has 1 aliphatic rings. The quantitative estimate of drug-likeness (QED) is 0.885. The second-order valence-electron chi connectivity index (χ2n) is 4.42. The lowest BCUT2D eigenvalue weighted by Gasteiger charge is -2.31. The van der Waals surface area contributed by atoms with Crippen molar-refractivity contribution < 1.29 is 0 Å². The zero-order chi connectivity index (χ0) is 11.7. The Balaban J connectivity index is 1.87. The number of benzene rings is 1. The van der Waals surface area contributed by atoms with Crippen LogP contribution in [0.15, 0.2) is 24.3 Å². The predicted octanol–water partition coefficient (Wildman–Crippen LogP) is 2.89. The molecule has 1 N–H and O–H groups in total. The van der Waals surface area contributed by atoms with E-state index in [1.165, 1.54) is 12.2 Å². The summed E-state index contributed by atoms with van der Waals surface area (Å²) in [4.78, 5) is 10.5. The number of hydrogen-bond donors (Lipinski definition) is 1. The molecule has 0 bridgehead atoms. The summed E-state index contributed by atoms with van der Waals surface area (Å²) in [6, 6.07) is 8.23. The summed E-state index contributed by atoms with van der Waals surface area (Å²) in [5.41, 5.74) is 2.20. The second-order valence-corrected chi connectivity index (χ2v) is 5.83. The van der Waals surface area contributed by atoms with Crippen LogP contribution in [-0.4, -0.2) is 34.1 Å². The monoisotopic (exact) mass is 247 g/mol. The first-order valence-electron chi connectivity index (χ1n) is 6.18. The summed E-state index contributed by atoms with van der Waals surface area (Å²) in [5, 5.41) is 0.747. The number of rotatable bonds is 2. The van der Waals surface area contributed by atoms with Gasteiger partial charge in [0.25, 0.3) is 0 Å². The van der Waals surface area contributed by atoms with E-state index in [-0.39, 0.29) is 0 Å². The van der Waals surface area contributed by atoms with Gasteiger partial charge in [0.05, 0.1) is 11.0 Å². The Hall–Kier alpha value is -1.16. The highest BCUT2D eigenvalue weighted by Gasteiger charge is 2.21. The highest BCUT2D eigenvalue weighted by atomic mass is 32.2. The number of nitrogens with zero attached hydrogens (tertiary/aromatic N) is 2. The van der Waals surface area contributed by atoms with Crippen LogP contribution in [0.5, 0.6) is 0 Å². The molecule has 3 nitrogen and oxygen atoms in total. The van der Waals surface area contributed by atoms with Crippen molar-refractivity contribution >= 4 is 28.7 Å². The molecule has 1 unspecified atom stereocenters. The average molecular weight is 247 g/mol. The molecule has 1 aromatic heterocycles. The number of imidazole rings is 1. The number of fused-ring (bicyclic) bond motifs is 1. The summed E-state index contributed by atoms with van der Waals surface area (Å²) < 4.78 is 0. The van der Waals surface area contributed by atoms with Crippen LogP contribution in [-0.2, 0) is 0 Å². The van der Waals surface area contributed by atoms with Gasteiger partial charge >= 0.3 is 0 Å². The molecule has 0 radical (unpaired) electrons. The van der Waals surface area contributed by atoms with Gasteiger partial charge in [0.1, 0.15) is 0 Å². The van der Waals surface area contributed by atoms with Gasteiger partial charge in [0.2, 0.25) is 5.95 Å². The molecule has 1 atom stereocenters. The standard InChI is InChI=1S/C13H17N3S/c1-2-10-9-16(7-8-17-10)13-14-11-5-3-4-6-12(11)15-13/h3-6,10H,2,7-9H2,1H3,(H,14,15). The van der Waals surface area contributed by atoms with E-state index in [4.69, 9.17) is 0 Å². The molecule has 1 aromatic carbocycles. The Morgan fingerprint density at radius 3 is 3.18 bits per heavy atom. The molecule has 3 rings (SSSR count). The van der Waals surface area contributed by atoms with Crippen LogP contribution < -0.4 is 4.90 Å². The largest absolute Gasteiger partial charge is 0.340 e. The van der Waals surface area contributed by atoms with E-state index < -0.39 is 0 Å². The lowest BCUT2D eigenvalue weighted by atomic mass is 10.3. The number of nitrogens with one attached hydrogen (secondary N) is 1. The van der Waals surface area contributed by atoms with Crippen LogP contribution in [0.1, 0.15) is 13.3 Å². The molecule has 0 amide bonds. The molecule has 0 aliphatic carbocycles. The zero-order valence-electron chi connectivity index (χ0n) is 10.0. The van der Waals surface area contributed by atoms with Crippen molar-refractivity contribution in [3.8, 4) is 0 Å². The summed E-state index contributed by atoms with van der Waals surface area (Å²) in [7, 11) is 0. The minimum atomic E-state index is 0.747. The lowest BCUT2D eigenvalue weighted by Crippen LogP contribution is -2.38. The molecule has 0 saturated carbocycles. The third kappa shape index (κ3) is 2.14. The molecule has 1 aliphatic heterocycles. The highest BCUT2D eigenvalue weighted by molar-refractivity contribution is 8.00. The molecule has 1 saturated heterocycles. The van der Waals surface area contributed by atoms with Crippen molar-refractivity contribution in [1.82, 2.24) is 9.97 Å². The van der Waals surface area contributed by atoms with E-state index in [0.717, 1.165) is 35.3 Å². The molecule has 17 heavy (non-hydrogen) atoms. The van der Waals surface area contributed by atoms with Crippen LogP contribution in [0.2, 0.25) is 0 Å². The van der Waals surface area contributed by atoms with E-state index in [9.17, 15) is 0 Å². The fourth-order valence-corrected chi connectivity index (χ4v) is 3.43. The van der Waals surface area contributed by atoms with Crippen molar-refractivity contribution in [3.63, 3.8) is 0 Å². The normalized spacial score (nSPS) is 21.0. The summed E-state index contributed by atoms with van der Waals surface area (Å²) in [6.07, 6.45) is 1.24. The molecule has 90 valence electrons. The smallest absolute Gasteiger partial charge is 0.203 e. The number of para-hydroxylation sites is 2. The van der Waals surface area contributed by atoms with Gasteiger partial charge in [-0.15, -0.1) is 0 Å². The number of H-pyrrole nitrogens is 1. The van der Waals surface area contributed by atoms with Crippen LogP contribution >= 0.6 is 11.8 Å². The number of aromatic amines is 1. The summed E-state index contributed by atoms with van der Waals surface area (Å²) >= 11 is 2.09. The fraction of sp³-hybridized carbons (Fsp3) is 0.462. The van der Waals surface area contributed by atoms with Gasteiger partial charge in [-0.25, -0.2) is 4.98 Å². The average Bonchev–Trinajstić information content (AvgIpc) is 2.82. The highest BCUT2D eigenvalue weighted by Crippen LogP contribution is 2.25. The Morgan fingerprint density at radius 2 is 2.35 bits per heavy atom. The van der Waals surface area contributed by atoms with Gasteiger partial charge in [0, 0.05) is 24.1 Å². The molecule has 2 aromatic rings. The maximum atomic E-state index is 4.67. The van der Waals surface area contributed by atoms with Crippen molar-refractivity contribution in [2.45, 2.75) is 18.6 Å². The van der Waals surface area contributed by atoms with E-state index in [0.29, 0.717) is 0 Å². The molecule has 1 fully saturated rings. The third-order valence-electron chi connectivity index (χ3n) is 3.27. The van der Waals surface area contributed by atoms with Crippen LogP contribution in [0, 0.1) is 0 Å². The Labute approximate surface area is 106 Å². The van der Waals surface area contributed by atoms with Gasteiger partial charge in [-0.1, -0.05) is 19.1 Å². The van der Waals surface area contributed by atoms with Gasteiger partial charge in [0.15, 0.2) is 0 Å². The fourth-order valence-electron chi connectivity index (χ4n) is 2.25. The summed E-state index contributed by atoms with van der Waals surface area (Å²) in [6.45, 7) is 4.47. The Bertz CT molecular complexity index is 475. The molecule has 2 heterocycles.